The van der Waals surface area contributed by atoms with Crippen LogP contribution in [0.25, 0.3) is 0 Å². The Labute approximate surface area is 136 Å². The number of nitrogens with zero attached hydrogens (tertiary/aromatic N) is 2. The van der Waals surface area contributed by atoms with Gasteiger partial charge in [0.05, 0.1) is 23.3 Å². The highest BCUT2D eigenvalue weighted by Gasteiger charge is 2.43. The topological polar surface area (TPSA) is 46.9 Å². The van der Waals surface area contributed by atoms with Gasteiger partial charge in [0, 0.05) is 0 Å². The number of ketones is 1. The maximum Gasteiger partial charge on any atom is 0.165 e. The molecule has 4 nitrogen and oxygen atoms in total. The summed E-state index contributed by atoms with van der Waals surface area (Å²) in [5.41, 5.74) is 2.07. The van der Waals surface area contributed by atoms with Crippen molar-refractivity contribution in [1.82, 2.24) is 9.78 Å². The second kappa shape index (κ2) is 5.52. The van der Waals surface area contributed by atoms with E-state index in [-0.39, 0.29) is 17.4 Å². The zero-order valence-corrected chi connectivity index (χ0v) is 13.6. The molecular weight excluding hydrogens is 286 g/mol. The molecule has 1 atom stereocenters. The highest BCUT2D eigenvalue weighted by Crippen LogP contribution is 2.47. The van der Waals surface area contributed by atoms with Gasteiger partial charge in [-0.05, 0) is 31.7 Å². The molecule has 0 radical (unpaired) electrons. The van der Waals surface area contributed by atoms with Gasteiger partial charge in [0.2, 0.25) is 0 Å². The number of carbonyl (C=O) groups excluding carboxylic acids is 1. The van der Waals surface area contributed by atoms with E-state index in [2.05, 4.69) is 39.4 Å². The van der Waals surface area contributed by atoms with E-state index in [1.807, 2.05) is 6.07 Å². The van der Waals surface area contributed by atoms with Crippen LogP contribution >= 0.6 is 0 Å². The number of fused-ring (bicyclic) bond motifs is 2. The molecule has 2 aromatic rings. The third-order valence-corrected chi connectivity index (χ3v) is 5.48. The molecule has 1 N–H and O–H groups in total. The Bertz CT molecular complexity index is 713. The van der Waals surface area contributed by atoms with E-state index in [4.69, 9.17) is 0 Å². The summed E-state index contributed by atoms with van der Waals surface area (Å²) in [6.45, 7) is 1.62. The first-order valence-electron chi connectivity index (χ1n) is 8.61. The Balaban J connectivity index is 1.81. The molecular formula is C19H23N3O. The van der Waals surface area contributed by atoms with Crippen LogP contribution in [0, 0.1) is 0 Å². The molecule has 2 aliphatic rings. The largest absolute Gasteiger partial charge is 0.363 e. The van der Waals surface area contributed by atoms with Crippen molar-refractivity contribution in [1.29, 1.82) is 0 Å². The number of Topliss-reactive ketones (excluding diaryl/α,β-unsaturated/α-hetero) is 1. The van der Waals surface area contributed by atoms with Gasteiger partial charge >= 0.3 is 0 Å². The van der Waals surface area contributed by atoms with Crippen LogP contribution < -0.4 is 5.32 Å². The summed E-state index contributed by atoms with van der Waals surface area (Å²) < 4.78 is 2.13. The number of rotatable bonds is 2. The lowest BCUT2D eigenvalue weighted by molar-refractivity contribution is 0.101. The number of carbonyl (C=O) groups is 1. The SMILES string of the molecule is CC(=O)c1cnn2c1NC(c1ccccc1)CC21CCCCC1. The Kier molecular flexibility index (Phi) is 3.47. The standard InChI is InChI=1S/C19H23N3O/c1-14(23)16-13-20-22-18(16)21-17(15-8-4-2-5-9-15)12-19(22)10-6-3-7-11-19/h2,4-5,8-9,13,17,21H,3,6-7,10-12H2,1H3. The molecule has 1 aliphatic carbocycles. The van der Waals surface area contributed by atoms with Crippen LogP contribution in [0.15, 0.2) is 36.5 Å². The number of anilines is 1. The molecule has 4 heteroatoms. The monoisotopic (exact) mass is 309 g/mol. The first-order chi connectivity index (χ1) is 11.2. The van der Waals surface area contributed by atoms with Crippen LogP contribution in [0.4, 0.5) is 5.82 Å². The second-order valence-corrected chi connectivity index (χ2v) is 6.97. The van der Waals surface area contributed by atoms with Gasteiger partial charge in [-0.2, -0.15) is 5.10 Å². The summed E-state index contributed by atoms with van der Waals surface area (Å²) in [6, 6.07) is 10.8. The lowest BCUT2D eigenvalue weighted by Gasteiger charge is -2.45. The van der Waals surface area contributed by atoms with Gasteiger partial charge in [0.25, 0.3) is 0 Å². The Morgan fingerprint density at radius 2 is 1.96 bits per heavy atom. The molecule has 1 spiro atoms. The van der Waals surface area contributed by atoms with Crippen molar-refractivity contribution in [2.24, 2.45) is 0 Å². The molecule has 1 unspecified atom stereocenters. The van der Waals surface area contributed by atoms with E-state index in [9.17, 15) is 4.79 Å². The molecule has 1 aromatic carbocycles. The number of aromatic nitrogens is 2. The zero-order chi connectivity index (χ0) is 15.9. The molecule has 23 heavy (non-hydrogen) atoms. The van der Waals surface area contributed by atoms with Crippen LogP contribution in [0.5, 0.6) is 0 Å². The molecule has 2 heterocycles. The zero-order valence-electron chi connectivity index (χ0n) is 13.6. The van der Waals surface area contributed by atoms with Gasteiger partial charge in [0.15, 0.2) is 5.78 Å². The van der Waals surface area contributed by atoms with E-state index in [1.165, 1.54) is 24.8 Å². The van der Waals surface area contributed by atoms with Crippen molar-refractivity contribution in [3.63, 3.8) is 0 Å². The molecule has 1 aliphatic heterocycles. The predicted octanol–water partition coefficient (Wildman–Crippen LogP) is 4.30. The van der Waals surface area contributed by atoms with Crippen molar-refractivity contribution in [2.45, 2.75) is 57.0 Å². The van der Waals surface area contributed by atoms with E-state index in [0.717, 1.165) is 30.6 Å². The first kappa shape index (κ1) is 14.5. The maximum absolute atomic E-state index is 12.0. The smallest absolute Gasteiger partial charge is 0.165 e. The highest BCUT2D eigenvalue weighted by atomic mass is 16.1. The molecule has 1 saturated carbocycles. The molecule has 120 valence electrons. The molecule has 0 amide bonds. The highest BCUT2D eigenvalue weighted by molar-refractivity contribution is 5.98. The number of hydrogen-bond donors (Lipinski definition) is 1. The molecule has 1 fully saturated rings. The van der Waals surface area contributed by atoms with Crippen LogP contribution in [0.2, 0.25) is 0 Å². The van der Waals surface area contributed by atoms with Gasteiger partial charge in [-0.3, -0.25) is 4.79 Å². The third kappa shape index (κ3) is 2.37. The van der Waals surface area contributed by atoms with Crippen molar-refractivity contribution < 1.29 is 4.79 Å². The molecule has 0 bridgehead atoms. The van der Waals surface area contributed by atoms with Crippen molar-refractivity contribution in [3.05, 3.63) is 47.7 Å². The first-order valence-corrected chi connectivity index (χ1v) is 8.61. The fourth-order valence-electron chi connectivity index (χ4n) is 4.30. The number of nitrogens with one attached hydrogen (secondary N) is 1. The van der Waals surface area contributed by atoms with Gasteiger partial charge in [-0.25, -0.2) is 4.68 Å². The van der Waals surface area contributed by atoms with Gasteiger partial charge in [-0.1, -0.05) is 49.6 Å². The van der Waals surface area contributed by atoms with Gasteiger partial charge in [-0.15, -0.1) is 0 Å². The summed E-state index contributed by atoms with van der Waals surface area (Å²) in [5.74, 6) is 0.998. The van der Waals surface area contributed by atoms with Gasteiger partial charge < -0.3 is 5.32 Å². The van der Waals surface area contributed by atoms with E-state index >= 15 is 0 Å². The van der Waals surface area contributed by atoms with Crippen LogP contribution in [-0.2, 0) is 5.54 Å². The fraction of sp³-hybridized carbons (Fsp3) is 0.474. The Hall–Kier alpha value is -2.10. The number of benzene rings is 1. The van der Waals surface area contributed by atoms with Crippen molar-refractivity contribution in [3.8, 4) is 0 Å². The normalized spacial score (nSPS) is 22.4. The average molecular weight is 309 g/mol. The molecule has 4 rings (SSSR count). The third-order valence-electron chi connectivity index (χ3n) is 5.48. The Morgan fingerprint density at radius 1 is 1.22 bits per heavy atom. The van der Waals surface area contributed by atoms with Crippen LogP contribution in [-0.4, -0.2) is 15.6 Å². The van der Waals surface area contributed by atoms with Crippen molar-refractivity contribution in [2.75, 3.05) is 5.32 Å². The number of hydrogen-bond acceptors (Lipinski definition) is 3. The average Bonchev–Trinajstić information content (AvgIpc) is 3.02. The minimum absolute atomic E-state index is 0.0625. The minimum Gasteiger partial charge on any atom is -0.363 e. The van der Waals surface area contributed by atoms with Crippen LogP contribution in [0.3, 0.4) is 0 Å². The quantitative estimate of drug-likeness (QED) is 0.841. The maximum atomic E-state index is 12.0. The Morgan fingerprint density at radius 3 is 2.65 bits per heavy atom. The second-order valence-electron chi connectivity index (χ2n) is 6.97. The van der Waals surface area contributed by atoms with Crippen molar-refractivity contribution >= 4 is 11.6 Å². The summed E-state index contributed by atoms with van der Waals surface area (Å²) in [5, 5.41) is 8.21. The van der Waals surface area contributed by atoms with Crippen LogP contribution in [0.1, 0.15) is 67.4 Å². The molecule has 1 aromatic heterocycles. The lowest BCUT2D eigenvalue weighted by Crippen LogP contribution is -2.44. The fourth-order valence-corrected chi connectivity index (χ4v) is 4.30. The van der Waals surface area contributed by atoms with E-state index in [0.29, 0.717) is 0 Å². The summed E-state index contributed by atoms with van der Waals surface area (Å²) >= 11 is 0. The minimum atomic E-state index is 0.0625. The summed E-state index contributed by atoms with van der Waals surface area (Å²) in [7, 11) is 0. The lowest BCUT2D eigenvalue weighted by atomic mass is 9.75. The summed E-state index contributed by atoms with van der Waals surface area (Å²) in [4.78, 5) is 12.0. The molecule has 0 saturated heterocycles. The van der Waals surface area contributed by atoms with E-state index < -0.39 is 0 Å². The predicted molar refractivity (Wildman–Crippen MR) is 90.7 cm³/mol. The van der Waals surface area contributed by atoms with Gasteiger partial charge in [0.1, 0.15) is 5.82 Å². The summed E-state index contributed by atoms with van der Waals surface area (Å²) in [6.07, 6.45) is 8.90. The van der Waals surface area contributed by atoms with E-state index in [1.54, 1.807) is 13.1 Å².